The highest BCUT2D eigenvalue weighted by Gasteiger charge is 2.09. The second-order valence-corrected chi connectivity index (χ2v) is 5.42. The summed E-state index contributed by atoms with van der Waals surface area (Å²) in [5.41, 5.74) is 10.2. The summed E-state index contributed by atoms with van der Waals surface area (Å²) in [6.45, 7) is 1.98. The molecule has 0 amide bonds. The normalized spacial score (nSPS) is 10.6. The van der Waals surface area contributed by atoms with Gasteiger partial charge in [0.15, 0.2) is 5.11 Å². The van der Waals surface area contributed by atoms with Crippen LogP contribution in [0.4, 0.5) is 5.69 Å². The van der Waals surface area contributed by atoms with Crippen LogP contribution >= 0.6 is 12.2 Å². The average Bonchev–Trinajstić information content (AvgIpc) is 3.05. The van der Waals surface area contributed by atoms with Crippen LogP contribution in [0.3, 0.4) is 0 Å². The molecule has 6 nitrogen and oxygen atoms in total. The van der Waals surface area contributed by atoms with Gasteiger partial charge in [0.2, 0.25) is 0 Å². The summed E-state index contributed by atoms with van der Waals surface area (Å²) >= 11 is 4.82. The first-order chi connectivity index (χ1) is 10.5. The molecule has 0 saturated heterocycles. The predicted molar refractivity (Wildman–Crippen MR) is 90.9 cm³/mol. The van der Waals surface area contributed by atoms with Gasteiger partial charge in [-0.05, 0) is 49.5 Å². The lowest BCUT2D eigenvalue weighted by molar-refractivity contribution is 0.756. The van der Waals surface area contributed by atoms with Crippen LogP contribution in [0.2, 0.25) is 0 Å². The van der Waals surface area contributed by atoms with Gasteiger partial charge >= 0.3 is 0 Å². The summed E-state index contributed by atoms with van der Waals surface area (Å²) in [7, 11) is 1.90. The highest BCUT2D eigenvalue weighted by atomic mass is 32.1. The Morgan fingerprint density at radius 1 is 1.18 bits per heavy atom. The van der Waals surface area contributed by atoms with Gasteiger partial charge in [0, 0.05) is 30.7 Å². The zero-order valence-corrected chi connectivity index (χ0v) is 13.1. The minimum absolute atomic E-state index is 0.251. The lowest BCUT2D eigenvalue weighted by Crippen LogP contribution is -2.18. The van der Waals surface area contributed by atoms with E-state index < -0.39 is 0 Å². The summed E-state index contributed by atoms with van der Waals surface area (Å²) in [4.78, 5) is 0. The Labute approximate surface area is 133 Å². The van der Waals surface area contributed by atoms with E-state index in [0.29, 0.717) is 0 Å². The van der Waals surface area contributed by atoms with E-state index >= 15 is 0 Å². The van der Waals surface area contributed by atoms with E-state index in [9.17, 15) is 0 Å². The van der Waals surface area contributed by atoms with Crippen LogP contribution in [0.1, 0.15) is 5.69 Å². The van der Waals surface area contributed by atoms with Crippen molar-refractivity contribution in [3.8, 4) is 16.9 Å². The summed E-state index contributed by atoms with van der Waals surface area (Å²) in [5.74, 6) is 0. The average molecular weight is 312 g/mol. The van der Waals surface area contributed by atoms with Crippen LogP contribution in [0, 0.1) is 6.92 Å². The molecule has 0 unspecified atom stereocenters. The molecule has 3 N–H and O–H groups in total. The van der Waals surface area contributed by atoms with Gasteiger partial charge in [0.1, 0.15) is 0 Å². The minimum Gasteiger partial charge on any atom is -0.376 e. The molecule has 0 aliphatic carbocycles. The second kappa shape index (κ2) is 5.61. The number of nitrogens with two attached hydrogens (primary N) is 1. The van der Waals surface area contributed by atoms with E-state index in [1.807, 2.05) is 61.4 Å². The van der Waals surface area contributed by atoms with Gasteiger partial charge in [-0.2, -0.15) is 10.2 Å². The first kappa shape index (κ1) is 14.3. The van der Waals surface area contributed by atoms with Crippen molar-refractivity contribution in [2.45, 2.75) is 6.92 Å². The highest BCUT2D eigenvalue weighted by molar-refractivity contribution is 7.80. The Hall–Kier alpha value is -2.67. The molecular formula is C15H16N6S. The molecule has 0 fully saturated rings. The fraction of sp³-hybridized carbons (Fsp3) is 0.133. The second-order valence-electron chi connectivity index (χ2n) is 4.98. The number of thiocarbonyl (C=S) groups is 1. The number of nitrogens with one attached hydrogen (secondary N) is 1. The van der Waals surface area contributed by atoms with E-state index in [0.717, 1.165) is 28.3 Å². The molecule has 0 bridgehead atoms. The quantitative estimate of drug-likeness (QED) is 0.726. The monoisotopic (exact) mass is 312 g/mol. The van der Waals surface area contributed by atoms with Crippen molar-refractivity contribution in [3.63, 3.8) is 0 Å². The number of aromatic nitrogens is 4. The summed E-state index contributed by atoms with van der Waals surface area (Å²) in [5, 5.41) is 12.1. The molecule has 2 aromatic heterocycles. The zero-order valence-electron chi connectivity index (χ0n) is 12.3. The number of aryl methyl sites for hydroxylation is 2. The van der Waals surface area contributed by atoms with Gasteiger partial charge in [0.25, 0.3) is 0 Å². The summed E-state index contributed by atoms with van der Waals surface area (Å²) in [6, 6.07) is 9.70. The molecule has 112 valence electrons. The first-order valence-corrected chi connectivity index (χ1v) is 7.17. The molecule has 2 heterocycles. The third kappa shape index (κ3) is 2.84. The van der Waals surface area contributed by atoms with Crippen LogP contribution in [0.5, 0.6) is 0 Å². The number of anilines is 1. The van der Waals surface area contributed by atoms with Gasteiger partial charge in [-0.15, -0.1) is 0 Å². The molecule has 0 spiro atoms. The van der Waals surface area contributed by atoms with E-state index in [1.165, 1.54) is 0 Å². The van der Waals surface area contributed by atoms with E-state index in [-0.39, 0.29) is 5.11 Å². The largest absolute Gasteiger partial charge is 0.376 e. The lowest BCUT2D eigenvalue weighted by atomic mass is 10.2. The smallest absolute Gasteiger partial charge is 0.168 e. The molecule has 0 atom stereocenters. The minimum atomic E-state index is 0.251. The highest BCUT2D eigenvalue weighted by Crippen LogP contribution is 2.21. The van der Waals surface area contributed by atoms with Gasteiger partial charge in [-0.25, -0.2) is 4.68 Å². The van der Waals surface area contributed by atoms with Crippen molar-refractivity contribution < 1.29 is 0 Å². The van der Waals surface area contributed by atoms with Crippen molar-refractivity contribution in [2.24, 2.45) is 12.8 Å². The van der Waals surface area contributed by atoms with Crippen LogP contribution in [-0.2, 0) is 7.05 Å². The molecule has 7 heteroatoms. The van der Waals surface area contributed by atoms with Crippen molar-refractivity contribution >= 4 is 23.0 Å². The van der Waals surface area contributed by atoms with Crippen LogP contribution in [0.15, 0.2) is 42.7 Å². The lowest BCUT2D eigenvalue weighted by Gasteiger charge is -2.05. The molecule has 22 heavy (non-hydrogen) atoms. The fourth-order valence-electron chi connectivity index (χ4n) is 2.30. The Bertz CT molecular complexity index is 815. The molecule has 0 saturated carbocycles. The Balaban J connectivity index is 1.87. The number of hydrogen-bond donors (Lipinski definition) is 2. The van der Waals surface area contributed by atoms with Crippen molar-refractivity contribution in [1.82, 2.24) is 19.6 Å². The molecular weight excluding hydrogens is 296 g/mol. The standard InChI is InChI=1S/C15H16N6S/c1-10-13(9-20(2)18-10)14-7-8-21(19-14)12-5-3-11(4-6-12)17-15(16)22/h3-9H,1-2H3,(H3,16,17,22). The maximum atomic E-state index is 5.45. The first-order valence-electron chi connectivity index (χ1n) is 6.76. The predicted octanol–water partition coefficient (Wildman–Crippen LogP) is 2.24. The van der Waals surface area contributed by atoms with Crippen molar-refractivity contribution in [3.05, 3.63) is 48.4 Å². The van der Waals surface area contributed by atoms with Crippen LogP contribution < -0.4 is 11.1 Å². The Morgan fingerprint density at radius 2 is 1.91 bits per heavy atom. The van der Waals surface area contributed by atoms with Gasteiger partial charge in [0.05, 0.1) is 17.1 Å². The molecule has 1 aromatic carbocycles. The third-order valence-electron chi connectivity index (χ3n) is 3.28. The molecule has 3 rings (SSSR count). The van der Waals surface area contributed by atoms with Gasteiger partial charge in [-0.1, -0.05) is 0 Å². The van der Waals surface area contributed by atoms with Crippen LogP contribution in [-0.4, -0.2) is 24.7 Å². The molecule has 0 aliphatic heterocycles. The van der Waals surface area contributed by atoms with Crippen molar-refractivity contribution in [2.75, 3.05) is 5.32 Å². The third-order valence-corrected chi connectivity index (χ3v) is 3.38. The molecule has 0 radical (unpaired) electrons. The summed E-state index contributed by atoms with van der Waals surface area (Å²) in [6.07, 6.45) is 3.90. The fourth-order valence-corrected chi connectivity index (χ4v) is 2.42. The van der Waals surface area contributed by atoms with Gasteiger partial charge in [-0.3, -0.25) is 4.68 Å². The maximum Gasteiger partial charge on any atom is 0.168 e. The molecule has 0 aliphatic rings. The zero-order chi connectivity index (χ0) is 15.7. The number of hydrogen-bond acceptors (Lipinski definition) is 3. The van der Waals surface area contributed by atoms with E-state index in [1.54, 1.807) is 4.68 Å². The maximum absolute atomic E-state index is 5.45. The number of rotatable bonds is 3. The number of nitrogens with zero attached hydrogens (tertiary/aromatic N) is 4. The Morgan fingerprint density at radius 3 is 2.50 bits per heavy atom. The van der Waals surface area contributed by atoms with E-state index in [4.69, 9.17) is 18.0 Å². The topological polar surface area (TPSA) is 73.7 Å². The number of benzene rings is 1. The van der Waals surface area contributed by atoms with Gasteiger partial charge < -0.3 is 11.1 Å². The van der Waals surface area contributed by atoms with E-state index in [2.05, 4.69) is 15.5 Å². The van der Waals surface area contributed by atoms with Crippen molar-refractivity contribution in [1.29, 1.82) is 0 Å². The van der Waals surface area contributed by atoms with Crippen LogP contribution in [0.25, 0.3) is 16.9 Å². The summed E-state index contributed by atoms with van der Waals surface area (Å²) < 4.78 is 3.62. The molecule has 3 aromatic rings. The SMILES string of the molecule is Cc1nn(C)cc1-c1ccn(-c2ccc(NC(N)=S)cc2)n1. The Kier molecular flexibility index (Phi) is 3.64.